The fourth-order valence-electron chi connectivity index (χ4n) is 3.08. The summed E-state index contributed by atoms with van der Waals surface area (Å²) < 4.78 is 10.6. The fourth-order valence-corrected chi connectivity index (χ4v) is 3.26. The first-order chi connectivity index (χ1) is 12.4. The van der Waals surface area contributed by atoms with Crippen molar-refractivity contribution in [2.75, 3.05) is 19.1 Å². The van der Waals surface area contributed by atoms with E-state index in [1.54, 1.807) is 43.4 Å². The van der Waals surface area contributed by atoms with Crippen LogP contribution < -0.4 is 19.7 Å². The van der Waals surface area contributed by atoms with Gasteiger partial charge in [0.1, 0.15) is 6.04 Å². The number of nitrogens with zero attached hydrogens (tertiary/aromatic N) is 1. The number of methoxy groups -OCH3 is 2. The SMILES string of the molecule is COc1ccc(CN2C(=O)[C@@H](NC(C)=O)c3cc(Cl)ccc32)cc1OC. The van der Waals surface area contributed by atoms with Crippen molar-refractivity contribution in [3.63, 3.8) is 0 Å². The molecular formula is C19H19ClN2O4. The molecule has 1 aliphatic heterocycles. The number of anilines is 1. The zero-order chi connectivity index (χ0) is 18.8. The first-order valence-corrected chi connectivity index (χ1v) is 8.41. The predicted molar refractivity (Wildman–Crippen MR) is 98.7 cm³/mol. The van der Waals surface area contributed by atoms with Crippen molar-refractivity contribution < 1.29 is 19.1 Å². The van der Waals surface area contributed by atoms with Gasteiger partial charge < -0.3 is 19.7 Å². The van der Waals surface area contributed by atoms with Crippen molar-refractivity contribution in [2.24, 2.45) is 0 Å². The molecule has 0 aliphatic carbocycles. The minimum atomic E-state index is -0.735. The van der Waals surface area contributed by atoms with Gasteiger partial charge in [0.2, 0.25) is 5.91 Å². The van der Waals surface area contributed by atoms with Gasteiger partial charge in [-0.1, -0.05) is 17.7 Å². The number of carbonyl (C=O) groups excluding carboxylic acids is 2. The van der Waals surface area contributed by atoms with Gasteiger partial charge in [0.05, 0.1) is 20.8 Å². The molecule has 2 amide bonds. The fraction of sp³-hybridized carbons (Fsp3) is 0.263. The molecular weight excluding hydrogens is 356 g/mol. The molecule has 1 heterocycles. The number of nitrogens with one attached hydrogen (secondary N) is 1. The standard InChI is InChI=1S/C19H19ClN2O4/c1-11(23)21-18-14-9-13(20)5-6-15(14)22(19(18)24)10-12-4-7-16(25-2)17(8-12)26-3/h4-9,18H,10H2,1-3H3,(H,21,23)/t18-/m0/s1. The summed E-state index contributed by atoms with van der Waals surface area (Å²) >= 11 is 6.08. The van der Waals surface area contributed by atoms with Crippen molar-refractivity contribution >= 4 is 29.1 Å². The molecule has 7 heteroatoms. The minimum absolute atomic E-state index is 0.202. The van der Waals surface area contributed by atoms with Crippen LogP contribution in [-0.2, 0) is 16.1 Å². The highest BCUT2D eigenvalue weighted by molar-refractivity contribution is 6.31. The molecule has 0 spiro atoms. The lowest BCUT2D eigenvalue weighted by Gasteiger charge is -2.19. The Morgan fingerprint density at radius 3 is 2.54 bits per heavy atom. The number of rotatable bonds is 5. The number of hydrogen-bond acceptors (Lipinski definition) is 4. The number of amides is 2. The Bertz CT molecular complexity index is 869. The second kappa shape index (κ2) is 7.25. The molecule has 0 aromatic heterocycles. The van der Waals surface area contributed by atoms with Crippen molar-refractivity contribution in [1.29, 1.82) is 0 Å². The summed E-state index contributed by atoms with van der Waals surface area (Å²) in [5.74, 6) is 0.730. The molecule has 1 atom stereocenters. The molecule has 3 rings (SSSR count). The Morgan fingerprint density at radius 2 is 1.88 bits per heavy atom. The lowest BCUT2D eigenvalue weighted by Crippen LogP contribution is -2.36. The maximum Gasteiger partial charge on any atom is 0.254 e. The van der Waals surface area contributed by atoms with Gasteiger partial charge >= 0.3 is 0 Å². The van der Waals surface area contributed by atoms with Crippen LogP contribution in [0.4, 0.5) is 5.69 Å². The highest BCUT2D eigenvalue weighted by Crippen LogP contribution is 2.39. The third-order valence-corrected chi connectivity index (χ3v) is 4.48. The molecule has 0 saturated carbocycles. The van der Waals surface area contributed by atoms with Crippen LogP contribution in [0.15, 0.2) is 36.4 Å². The smallest absolute Gasteiger partial charge is 0.254 e. The Labute approximate surface area is 156 Å². The summed E-state index contributed by atoms with van der Waals surface area (Å²) in [7, 11) is 3.13. The molecule has 0 saturated heterocycles. The summed E-state index contributed by atoms with van der Waals surface area (Å²) in [6.45, 7) is 1.72. The van der Waals surface area contributed by atoms with E-state index >= 15 is 0 Å². The Morgan fingerprint density at radius 1 is 1.15 bits per heavy atom. The highest BCUT2D eigenvalue weighted by atomic mass is 35.5. The average Bonchev–Trinajstić information content (AvgIpc) is 2.86. The topological polar surface area (TPSA) is 67.9 Å². The Kier molecular flexibility index (Phi) is 5.04. The van der Waals surface area contributed by atoms with E-state index in [4.69, 9.17) is 21.1 Å². The quantitative estimate of drug-likeness (QED) is 0.873. The van der Waals surface area contributed by atoms with Gasteiger partial charge in [-0.05, 0) is 35.9 Å². The van der Waals surface area contributed by atoms with E-state index in [2.05, 4.69) is 5.32 Å². The van der Waals surface area contributed by atoms with Crippen LogP contribution in [0.5, 0.6) is 11.5 Å². The third kappa shape index (κ3) is 3.32. The van der Waals surface area contributed by atoms with E-state index in [1.165, 1.54) is 6.92 Å². The average molecular weight is 375 g/mol. The second-order valence-electron chi connectivity index (χ2n) is 5.95. The Balaban J connectivity index is 1.96. The lowest BCUT2D eigenvalue weighted by atomic mass is 10.1. The normalized spacial score (nSPS) is 15.6. The predicted octanol–water partition coefficient (Wildman–Crippen LogP) is 3.08. The zero-order valence-electron chi connectivity index (χ0n) is 14.7. The van der Waals surface area contributed by atoms with Crippen LogP contribution in [-0.4, -0.2) is 26.0 Å². The first kappa shape index (κ1) is 18.1. The van der Waals surface area contributed by atoms with Gasteiger partial charge in [0, 0.05) is 23.2 Å². The van der Waals surface area contributed by atoms with Crippen LogP contribution in [0.2, 0.25) is 5.02 Å². The van der Waals surface area contributed by atoms with Crippen LogP contribution in [0, 0.1) is 0 Å². The molecule has 2 aromatic carbocycles. The lowest BCUT2D eigenvalue weighted by molar-refractivity contribution is -0.126. The molecule has 0 unspecified atom stereocenters. The highest BCUT2D eigenvalue weighted by Gasteiger charge is 2.38. The van der Waals surface area contributed by atoms with Crippen molar-refractivity contribution in [2.45, 2.75) is 19.5 Å². The van der Waals surface area contributed by atoms with E-state index in [0.717, 1.165) is 11.3 Å². The van der Waals surface area contributed by atoms with E-state index in [1.807, 2.05) is 12.1 Å². The molecule has 6 nitrogen and oxygen atoms in total. The van der Waals surface area contributed by atoms with Crippen molar-refractivity contribution in [3.05, 3.63) is 52.5 Å². The summed E-state index contributed by atoms with van der Waals surface area (Å²) in [5.41, 5.74) is 2.30. The number of carbonyl (C=O) groups is 2. The monoisotopic (exact) mass is 374 g/mol. The summed E-state index contributed by atoms with van der Waals surface area (Å²) in [4.78, 5) is 26.0. The molecule has 136 valence electrons. The maximum atomic E-state index is 12.9. The van der Waals surface area contributed by atoms with Gasteiger partial charge in [-0.3, -0.25) is 9.59 Å². The second-order valence-corrected chi connectivity index (χ2v) is 6.39. The summed E-state index contributed by atoms with van der Waals surface area (Å²) in [6.07, 6.45) is 0. The minimum Gasteiger partial charge on any atom is -0.493 e. The van der Waals surface area contributed by atoms with Gasteiger partial charge in [-0.2, -0.15) is 0 Å². The van der Waals surface area contributed by atoms with Gasteiger partial charge in [0.15, 0.2) is 11.5 Å². The van der Waals surface area contributed by atoms with Gasteiger partial charge in [-0.25, -0.2) is 0 Å². The molecule has 0 bridgehead atoms. The van der Waals surface area contributed by atoms with Crippen LogP contribution in [0.3, 0.4) is 0 Å². The molecule has 0 radical (unpaired) electrons. The molecule has 26 heavy (non-hydrogen) atoms. The van der Waals surface area contributed by atoms with Gasteiger partial charge in [0.25, 0.3) is 5.91 Å². The zero-order valence-corrected chi connectivity index (χ0v) is 15.5. The number of halogens is 1. The summed E-state index contributed by atoms with van der Waals surface area (Å²) in [5, 5.41) is 3.21. The molecule has 0 fully saturated rings. The van der Waals surface area contributed by atoms with Crippen LogP contribution in [0.1, 0.15) is 24.1 Å². The van der Waals surface area contributed by atoms with Crippen LogP contribution >= 0.6 is 11.6 Å². The molecule has 2 aromatic rings. The molecule has 1 aliphatic rings. The number of benzene rings is 2. The largest absolute Gasteiger partial charge is 0.493 e. The number of fused-ring (bicyclic) bond motifs is 1. The van der Waals surface area contributed by atoms with E-state index < -0.39 is 6.04 Å². The van der Waals surface area contributed by atoms with E-state index in [9.17, 15) is 9.59 Å². The van der Waals surface area contributed by atoms with Crippen molar-refractivity contribution in [1.82, 2.24) is 5.32 Å². The number of hydrogen-bond donors (Lipinski definition) is 1. The molecule has 1 N–H and O–H groups in total. The van der Waals surface area contributed by atoms with Crippen molar-refractivity contribution in [3.8, 4) is 11.5 Å². The summed E-state index contributed by atoms with van der Waals surface area (Å²) in [6, 6.07) is 9.99. The Hall–Kier alpha value is -2.73. The van der Waals surface area contributed by atoms with E-state index in [0.29, 0.717) is 28.6 Å². The maximum absolute atomic E-state index is 12.9. The van der Waals surface area contributed by atoms with Crippen LogP contribution in [0.25, 0.3) is 0 Å². The third-order valence-electron chi connectivity index (χ3n) is 4.24. The van der Waals surface area contributed by atoms with Gasteiger partial charge in [-0.15, -0.1) is 0 Å². The first-order valence-electron chi connectivity index (χ1n) is 8.03. The van der Waals surface area contributed by atoms with E-state index in [-0.39, 0.29) is 11.8 Å². The number of ether oxygens (including phenoxy) is 2.